The summed E-state index contributed by atoms with van der Waals surface area (Å²) in [5, 5.41) is -0.300. The summed E-state index contributed by atoms with van der Waals surface area (Å²) >= 11 is 0.956. The molecular formula is C25H27FN2O2S. The van der Waals surface area contributed by atoms with Crippen molar-refractivity contribution in [2.75, 3.05) is 11.4 Å². The Hall–Kier alpha value is -2.60. The van der Waals surface area contributed by atoms with Crippen LogP contribution in [0.3, 0.4) is 0 Å². The smallest absolute Gasteiger partial charge is 0.293 e. The molecule has 31 heavy (non-hydrogen) atoms. The molecule has 2 aliphatic rings. The predicted octanol–water partition coefficient (Wildman–Crippen LogP) is 6.17. The summed E-state index contributed by atoms with van der Waals surface area (Å²) in [5.74, 6) is -0.236. The van der Waals surface area contributed by atoms with Crippen LogP contribution >= 0.6 is 11.8 Å². The van der Waals surface area contributed by atoms with Gasteiger partial charge in [-0.2, -0.15) is 0 Å². The zero-order chi connectivity index (χ0) is 22.3. The first-order valence-electron chi connectivity index (χ1n) is 10.6. The van der Waals surface area contributed by atoms with Crippen molar-refractivity contribution >= 4 is 34.7 Å². The number of hydrogen-bond acceptors (Lipinski definition) is 4. The quantitative estimate of drug-likeness (QED) is 0.535. The van der Waals surface area contributed by atoms with Crippen LogP contribution in [0.4, 0.5) is 14.9 Å². The van der Waals surface area contributed by atoms with Gasteiger partial charge in [0.05, 0.1) is 11.4 Å². The number of nitrogens with zero attached hydrogens (tertiary/aromatic N) is 2. The van der Waals surface area contributed by atoms with Crippen LogP contribution in [-0.2, 0) is 11.3 Å². The van der Waals surface area contributed by atoms with Crippen LogP contribution in [0.25, 0.3) is 6.08 Å². The molecule has 0 radical (unpaired) electrons. The van der Waals surface area contributed by atoms with Crippen LogP contribution in [0.5, 0.6) is 0 Å². The molecule has 0 aliphatic carbocycles. The second-order valence-electron chi connectivity index (χ2n) is 8.87. The third kappa shape index (κ3) is 4.13. The Kier molecular flexibility index (Phi) is 5.69. The van der Waals surface area contributed by atoms with Crippen molar-refractivity contribution in [3.8, 4) is 0 Å². The maximum Gasteiger partial charge on any atom is 0.293 e. The molecule has 4 rings (SSSR count). The predicted molar refractivity (Wildman–Crippen MR) is 124 cm³/mol. The maximum atomic E-state index is 13.1. The van der Waals surface area contributed by atoms with E-state index < -0.39 is 0 Å². The van der Waals surface area contributed by atoms with Gasteiger partial charge in [-0.05, 0) is 91.9 Å². The number of rotatable bonds is 4. The second-order valence-corrected chi connectivity index (χ2v) is 9.87. The molecule has 4 nitrogen and oxygen atoms in total. The molecule has 1 fully saturated rings. The second kappa shape index (κ2) is 8.15. The minimum Gasteiger partial charge on any atom is -0.366 e. The summed E-state index contributed by atoms with van der Waals surface area (Å²) in [6.07, 6.45) is 2.87. The third-order valence-electron chi connectivity index (χ3n) is 6.15. The van der Waals surface area contributed by atoms with Crippen molar-refractivity contribution in [3.63, 3.8) is 0 Å². The van der Waals surface area contributed by atoms with E-state index in [1.807, 2.05) is 6.07 Å². The van der Waals surface area contributed by atoms with Gasteiger partial charge in [0.25, 0.3) is 11.1 Å². The van der Waals surface area contributed by atoms with Gasteiger partial charge < -0.3 is 4.90 Å². The van der Waals surface area contributed by atoms with E-state index in [4.69, 9.17) is 0 Å². The number of imide groups is 1. The molecule has 2 aromatic carbocycles. The standard InChI is InChI=1S/C25H27FN2O2S/c1-5-28-21-11-8-18(12-20(21)16(2)14-25(28,3)4)13-22-23(29)27(24(30)31-22)15-17-6-9-19(26)10-7-17/h6-13,16H,5,14-15H2,1-4H3/b22-13-/t16-/m0/s1. The van der Waals surface area contributed by atoms with Crippen LogP contribution in [0.15, 0.2) is 47.4 Å². The Morgan fingerprint density at radius 3 is 2.55 bits per heavy atom. The third-order valence-corrected chi connectivity index (χ3v) is 7.06. The van der Waals surface area contributed by atoms with E-state index in [2.05, 4.69) is 44.7 Å². The monoisotopic (exact) mass is 438 g/mol. The molecule has 1 atom stereocenters. The van der Waals surface area contributed by atoms with Gasteiger partial charge in [0, 0.05) is 17.8 Å². The molecule has 0 spiro atoms. The van der Waals surface area contributed by atoms with E-state index in [-0.39, 0.29) is 29.0 Å². The SMILES string of the molecule is CCN1c2ccc(/C=C3\SC(=O)N(Cc4ccc(F)cc4)C3=O)cc2[C@@H](C)CC1(C)C. The minimum absolute atomic E-state index is 0.103. The number of halogens is 1. The van der Waals surface area contributed by atoms with Crippen LogP contribution < -0.4 is 4.90 Å². The Bertz CT molecular complexity index is 1060. The van der Waals surface area contributed by atoms with Gasteiger partial charge in [0.1, 0.15) is 5.82 Å². The van der Waals surface area contributed by atoms with Gasteiger partial charge in [-0.1, -0.05) is 25.1 Å². The fourth-order valence-electron chi connectivity index (χ4n) is 4.76. The molecule has 162 valence electrons. The molecule has 2 aliphatic heterocycles. The first kappa shape index (κ1) is 21.6. The van der Waals surface area contributed by atoms with Crippen molar-refractivity contribution < 1.29 is 14.0 Å². The molecule has 0 N–H and O–H groups in total. The van der Waals surface area contributed by atoms with Crippen LogP contribution in [0.1, 0.15) is 56.7 Å². The number of fused-ring (bicyclic) bond motifs is 1. The van der Waals surface area contributed by atoms with E-state index in [1.165, 1.54) is 28.3 Å². The summed E-state index contributed by atoms with van der Waals surface area (Å²) in [5.41, 5.74) is 4.27. The molecule has 0 saturated carbocycles. The number of carbonyl (C=O) groups excluding carboxylic acids is 2. The highest BCUT2D eigenvalue weighted by Gasteiger charge is 2.37. The Labute approximate surface area is 187 Å². The molecule has 6 heteroatoms. The van der Waals surface area contributed by atoms with Crippen LogP contribution in [0.2, 0.25) is 0 Å². The van der Waals surface area contributed by atoms with E-state index in [9.17, 15) is 14.0 Å². The summed E-state index contributed by atoms with van der Waals surface area (Å²) in [4.78, 5) is 29.4. The number of hydrogen-bond donors (Lipinski definition) is 0. The highest BCUT2D eigenvalue weighted by atomic mass is 32.2. The van der Waals surface area contributed by atoms with Gasteiger partial charge in [-0.15, -0.1) is 0 Å². The fraction of sp³-hybridized carbons (Fsp3) is 0.360. The molecule has 0 aromatic heterocycles. The minimum atomic E-state index is -0.343. The van der Waals surface area contributed by atoms with Gasteiger partial charge >= 0.3 is 0 Å². The van der Waals surface area contributed by atoms with E-state index in [1.54, 1.807) is 18.2 Å². The normalized spacial score (nSPS) is 21.7. The molecular weight excluding hydrogens is 411 g/mol. The average Bonchev–Trinajstić information content (AvgIpc) is 2.97. The van der Waals surface area contributed by atoms with Crippen molar-refractivity contribution in [3.05, 3.63) is 69.9 Å². The number of benzene rings is 2. The lowest BCUT2D eigenvalue weighted by molar-refractivity contribution is -0.123. The van der Waals surface area contributed by atoms with Crippen molar-refractivity contribution in [1.29, 1.82) is 0 Å². The summed E-state index contributed by atoms with van der Waals surface area (Å²) in [6, 6.07) is 12.1. The van der Waals surface area contributed by atoms with Crippen LogP contribution in [0, 0.1) is 5.82 Å². The molecule has 0 bridgehead atoms. The van der Waals surface area contributed by atoms with E-state index in [0.29, 0.717) is 10.8 Å². The largest absolute Gasteiger partial charge is 0.366 e. The molecule has 2 amide bonds. The Balaban J connectivity index is 1.59. The number of anilines is 1. The van der Waals surface area contributed by atoms with Crippen molar-refractivity contribution in [2.24, 2.45) is 0 Å². The zero-order valence-electron chi connectivity index (χ0n) is 18.3. The first-order chi connectivity index (χ1) is 14.7. The lowest BCUT2D eigenvalue weighted by Crippen LogP contribution is -2.48. The van der Waals surface area contributed by atoms with Crippen molar-refractivity contribution in [2.45, 2.75) is 52.1 Å². The van der Waals surface area contributed by atoms with Gasteiger partial charge in [0.15, 0.2) is 0 Å². The topological polar surface area (TPSA) is 40.6 Å². The number of carbonyl (C=O) groups is 2. The molecule has 2 aromatic rings. The van der Waals surface area contributed by atoms with E-state index >= 15 is 0 Å². The molecule has 1 saturated heterocycles. The van der Waals surface area contributed by atoms with Gasteiger partial charge in [0.2, 0.25) is 0 Å². The summed E-state index contributed by atoms with van der Waals surface area (Å²) < 4.78 is 13.1. The zero-order valence-corrected chi connectivity index (χ0v) is 19.1. The molecule has 2 heterocycles. The van der Waals surface area contributed by atoms with E-state index in [0.717, 1.165) is 35.9 Å². The lowest BCUT2D eigenvalue weighted by Gasteiger charge is -2.47. The van der Waals surface area contributed by atoms with Crippen LogP contribution in [-0.4, -0.2) is 28.1 Å². The average molecular weight is 439 g/mol. The highest BCUT2D eigenvalue weighted by molar-refractivity contribution is 8.18. The summed E-state index contributed by atoms with van der Waals surface area (Å²) in [6.45, 7) is 10.1. The maximum absolute atomic E-state index is 13.1. The number of thioether (sulfide) groups is 1. The highest BCUT2D eigenvalue weighted by Crippen LogP contribution is 2.44. The molecule has 0 unspecified atom stereocenters. The number of amides is 2. The first-order valence-corrected chi connectivity index (χ1v) is 11.4. The fourth-order valence-corrected chi connectivity index (χ4v) is 5.60. The van der Waals surface area contributed by atoms with Crippen molar-refractivity contribution in [1.82, 2.24) is 4.90 Å². The summed E-state index contributed by atoms with van der Waals surface area (Å²) in [7, 11) is 0. The lowest BCUT2D eigenvalue weighted by atomic mass is 9.79. The van der Waals surface area contributed by atoms with Gasteiger partial charge in [-0.25, -0.2) is 4.39 Å². The Morgan fingerprint density at radius 1 is 1.16 bits per heavy atom. The Morgan fingerprint density at radius 2 is 1.87 bits per heavy atom. The van der Waals surface area contributed by atoms with Gasteiger partial charge in [-0.3, -0.25) is 14.5 Å².